The summed E-state index contributed by atoms with van der Waals surface area (Å²) >= 11 is 0. The smallest absolute Gasteiger partial charge is 0.368 e. The Morgan fingerprint density at radius 2 is 1.65 bits per heavy atom. The second kappa shape index (κ2) is 10.7. The molecule has 11 heteroatoms. The molecule has 1 aromatic heterocycles. The van der Waals surface area contributed by atoms with E-state index in [0.717, 1.165) is 11.5 Å². The largest absolute Gasteiger partial charge is 0.417 e. The fourth-order valence-corrected chi connectivity index (χ4v) is 4.42. The number of nitrogens with one attached hydrogen (secondary N) is 1. The van der Waals surface area contributed by atoms with Crippen LogP contribution >= 0.6 is 0 Å². The van der Waals surface area contributed by atoms with Crippen LogP contribution in [0, 0.1) is 5.92 Å². The second-order valence-corrected chi connectivity index (χ2v) is 9.39. The number of fused-ring (bicyclic) bond motifs is 1. The number of nitrogens with zero attached hydrogens (tertiary/aromatic N) is 4. The number of hydrogen-bond acceptors (Lipinski definition) is 6. The molecule has 0 radical (unpaired) electrons. The van der Waals surface area contributed by atoms with Crippen LogP contribution in [0.15, 0.2) is 48.5 Å². The van der Waals surface area contributed by atoms with Gasteiger partial charge in [-0.2, -0.15) is 13.2 Å². The van der Waals surface area contributed by atoms with Crippen LogP contribution in [-0.2, 0) is 17.5 Å². The van der Waals surface area contributed by atoms with Gasteiger partial charge in [0.2, 0.25) is 5.91 Å². The van der Waals surface area contributed by atoms with Gasteiger partial charge in [-0.05, 0) is 30.2 Å². The number of hydrogen-bond donors (Lipinski definition) is 2. The highest BCUT2D eigenvalue weighted by atomic mass is 19.4. The number of aromatic nitrogens is 2. The number of anilines is 1. The van der Waals surface area contributed by atoms with Crippen molar-refractivity contribution in [3.8, 4) is 0 Å². The quantitative estimate of drug-likeness (QED) is 0.500. The van der Waals surface area contributed by atoms with Crippen molar-refractivity contribution in [1.29, 1.82) is 0 Å². The number of amides is 2. The Morgan fingerprint density at radius 3 is 2.30 bits per heavy atom. The van der Waals surface area contributed by atoms with Crippen LogP contribution in [0.1, 0.15) is 35.6 Å². The molecule has 2 amide bonds. The van der Waals surface area contributed by atoms with Crippen LogP contribution in [-0.4, -0.2) is 63.8 Å². The van der Waals surface area contributed by atoms with Crippen molar-refractivity contribution in [1.82, 2.24) is 19.8 Å². The van der Waals surface area contributed by atoms with Gasteiger partial charge in [-0.3, -0.25) is 14.5 Å². The standard InChI is InChI=1S/C26H29F3N6O2/c1-16(2)22(23(30)36)33-24-18-8-4-6-10-20(18)31-21(32-24)15-34-11-13-35(14-12-34)25(37)17-7-3-5-9-19(17)26(27,28)29/h3-10,16,22H,11-15H2,1-2H3,(H2,30,36)(H,31,32,33)/t22-/m0/s1. The molecule has 0 spiro atoms. The van der Waals surface area contributed by atoms with E-state index in [4.69, 9.17) is 5.73 Å². The lowest BCUT2D eigenvalue weighted by Crippen LogP contribution is -2.48. The SMILES string of the molecule is CC(C)[C@H](Nc1nc(CN2CCN(C(=O)c3ccccc3C(F)(F)F)CC2)nc2ccccc12)C(N)=O. The summed E-state index contributed by atoms with van der Waals surface area (Å²) in [6.45, 7) is 5.62. The number of nitrogens with two attached hydrogens (primary N) is 1. The van der Waals surface area contributed by atoms with Crippen molar-refractivity contribution >= 4 is 28.5 Å². The molecule has 3 aromatic rings. The van der Waals surface area contributed by atoms with Gasteiger partial charge in [-0.25, -0.2) is 9.97 Å². The number of alkyl halides is 3. The molecule has 0 aliphatic carbocycles. The summed E-state index contributed by atoms with van der Waals surface area (Å²) < 4.78 is 40.1. The summed E-state index contributed by atoms with van der Waals surface area (Å²) in [5.41, 5.74) is 5.02. The number of piperazine rings is 1. The summed E-state index contributed by atoms with van der Waals surface area (Å²) in [7, 11) is 0. The minimum Gasteiger partial charge on any atom is -0.368 e. The molecule has 2 heterocycles. The van der Waals surface area contributed by atoms with Crippen LogP contribution in [0.4, 0.5) is 19.0 Å². The highest BCUT2D eigenvalue weighted by Crippen LogP contribution is 2.32. The Morgan fingerprint density at radius 1 is 1.00 bits per heavy atom. The maximum atomic E-state index is 13.4. The van der Waals surface area contributed by atoms with Crippen molar-refractivity contribution in [3.63, 3.8) is 0 Å². The third-order valence-corrected chi connectivity index (χ3v) is 6.40. The van der Waals surface area contributed by atoms with E-state index in [1.165, 1.54) is 23.1 Å². The maximum absolute atomic E-state index is 13.4. The lowest BCUT2D eigenvalue weighted by molar-refractivity contribution is -0.138. The van der Waals surface area contributed by atoms with Gasteiger partial charge < -0.3 is 16.0 Å². The average molecular weight is 515 g/mol. The van der Waals surface area contributed by atoms with Crippen LogP contribution in [0.3, 0.4) is 0 Å². The molecular weight excluding hydrogens is 485 g/mol. The number of benzene rings is 2. The Hall–Kier alpha value is -3.73. The summed E-state index contributed by atoms with van der Waals surface area (Å²) in [6.07, 6.45) is -4.60. The minimum atomic E-state index is -4.60. The predicted molar refractivity (Wildman–Crippen MR) is 134 cm³/mol. The van der Waals surface area contributed by atoms with Crippen molar-refractivity contribution in [2.45, 2.75) is 32.6 Å². The van der Waals surface area contributed by atoms with Gasteiger partial charge in [0.15, 0.2) is 0 Å². The van der Waals surface area contributed by atoms with Gasteiger partial charge in [0.05, 0.1) is 23.2 Å². The molecule has 8 nitrogen and oxygen atoms in total. The van der Waals surface area contributed by atoms with Gasteiger partial charge in [0.25, 0.3) is 5.91 Å². The molecule has 0 bridgehead atoms. The fourth-order valence-electron chi connectivity index (χ4n) is 4.42. The number of halogens is 3. The minimum absolute atomic E-state index is 0.0530. The molecule has 37 heavy (non-hydrogen) atoms. The molecule has 1 atom stereocenters. The summed E-state index contributed by atoms with van der Waals surface area (Å²) in [6, 6.07) is 11.7. The van der Waals surface area contributed by atoms with E-state index in [1.807, 2.05) is 43.0 Å². The predicted octanol–water partition coefficient (Wildman–Crippen LogP) is 3.53. The number of carbonyl (C=O) groups excluding carboxylic acids is 2. The van der Waals surface area contributed by atoms with E-state index >= 15 is 0 Å². The van der Waals surface area contributed by atoms with E-state index < -0.39 is 29.6 Å². The average Bonchev–Trinajstić information content (AvgIpc) is 2.86. The Kier molecular flexibility index (Phi) is 7.63. The topological polar surface area (TPSA) is 104 Å². The van der Waals surface area contributed by atoms with Crippen molar-refractivity contribution in [2.75, 3.05) is 31.5 Å². The molecule has 2 aromatic carbocycles. The molecule has 1 aliphatic rings. The summed E-state index contributed by atoms with van der Waals surface area (Å²) in [5.74, 6) is -0.131. The molecule has 196 valence electrons. The molecule has 1 saturated heterocycles. The Bertz CT molecular complexity index is 1290. The zero-order chi connectivity index (χ0) is 26.7. The highest BCUT2D eigenvalue weighted by Gasteiger charge is 2.36. The molecule has 1 aliphatic heterocycles. The van der Waals surface area contributed by atoms with Gasteiger partial charge in [0.1, 0.15) is 17.7 Å². The first-order chi connectivity index (χ1) is 17.5. The van der Waals surface area contributed by atoms with Crippen LogP contribution in [0.2, 0.25) is 0 Å². The highest BCUT2D eigenvalue weighted by molar-refractivity contribution is 5.96. The zero-order valence-corrected chi connectivity index (χ0v) is 20.6. The van der Waals surface area contributed by atoms with Crippen LogP contribution in [0.25, 0.3) is 10.9 Å². The Balaban J connectivity index is 1.48. The van der Waals surface area contributed by atoms with E-state index in [1.54, 1.807) is 0 Å². The Labute approximate surface area is 212 Å². The van der Waals surface area contributed by atoms with Gasteiger partial charge in [-0.15, -0.1) is 0 Å². The lowest BCUT2D eigenvalue weighted by Gasteiger charge is -2.34. The fraction of sp³-hybridized carbons (Fsp3) is 0.385. The normalized spacial score (nSPS) is 15.7. The molecule has 1 fully saturated rings. The van der Waals surface area contributed by atoms with E-state index in [0.29, 0.717) is 36.8 Å². The third kappa shape index (κ3) is 5.99. The van der Waals surface area contributed by atoms with E-state index in [9.17, 15) is 22.8 Å². The van der Waals surface area contributed by atoms with E-state index in [2.05, 4.69) is 15.3 Å². The van der Waals surface area contributed by atoms with Crippen molar-refractivity contribution in [3.05, 3.63) is 65.5 Å². The van der Waals surface area contributed by atoms with Crippen LogP contribution in [0.5, 0.6) is 0 Å². The van der Waals surface area contributed by atoms with Gasteiger partial charge in [0, 0.05) is 31.6 Å². The van der Waals surface area contributed by atoms with Gasteiger partial charge >= 0.3 is 6.18 Å². The zero-order valence-electron chi connectivity index (χ0n) is 20.6. The number of rotatable bonds is 7. The summed E-state index contributed by atoms with van der Waals surface area (Å²) in [5, 5.41) is 3.93. The first-order valence-electron chi connectivity index (χ1n) is 12.0. The third-order valence-electron chi connectivity index (χ3n) is 6.40. The van der Waals surface area contributed by atoms with Crippen LogP contribution < -0.4 is 11.1 Å². The van der Waals surface area contributed by atoms with E-state index in [-0.39, 0.29) is 24.6 Å². The first kappa shape index (κ1) is 26.3. The molecule has 0 unspecified atom stereocenters. The molecule has 3 N–H and O–H groups in total. The monoisotopic (exact) mass is 514 g/mol. The first-order valence-corrected chi connectivity index (χ1v) is 12.0. The lowest BCUT2D eigenvalue weighted by atomic mass is 10.0. The number of primary amides is 1. The summed E-state index contributed by atoms with van der Waals surface area (Å²) in [4.78, 5) is 37.6. The number of para-hydroxylation sites is 1. The maximum Gasteiger partial charge on any atom is 0.417 e. The van der Waals surface area contributed by atoms with Gasteiger partial charge in [-0.1, -0.05) is 38.1 Å². The van der Waals surface area contributed by atoms with Crippen molar-refractivity contribution < 1.29 is 22.8 Å². The molecule has 4 rings (SSSR count). The molecular formula is C26H29F3N6O2. The molecule has 0 saturated carbocycles. The second-order valence-electron chi connectivity index (χ2n) is 9.39. The van der Waals surface area contributed by atoms with Crippen molar-refractivity contribution in [2.24, 2.45) is 11.7 Å². The number of carbonyl (C=O) groups is 2.